The normalized spacial score (nSPS) is 24.1. The quantitative estimate of drug-likeness (QED) is 0.184. The van der Waals surface area contributed by atoms with E-state index >= 15 is 0 Å². The average molecular weight is 533 g/mol. The first-order chi connectivity index (χ1) is 19.5. The molecule has 5 heteroatoms. The zero-order valence-corrected chi connectivity index (χ0v) is 22.7. The molecule has 0 spiro atoms. The molecule has 7 rings (SSSR count). The van der Waals surface area contributed by atoms with Crippen LogP contribution in [0.5, 0.6) is 0 Å². The van der Waals surface area contributed by atoms with Crippen molar-refractivity contribution < 1.29 is 23.8 Å². The topological polar surface area (TPSA) is 61.8 Å². The van der Waals surface area contributed by atoms with Gasteiger partial charge in [0.15, 0.2) is 17.8 Å². The minimum absolute atomic E-state index is 0.424. The molecule has 3 aliphatic carbocycles. The number of unbranched alkanes of at least 4 members (excludes halogenated alkanes) is 1. The monoisotopic (exact) mass is 532 g/mol. The van der Waals surface area contributed by atoms with Crippen molar-refractivity contribution in [1.29, 1.82) is 0 Å². The summed E-state index contributed by atoms with van der Waals surface area (Å²) in [4.78, 5) is 27.3. The molecule has 0 fully saturated rings. The molecule has 0 heterocycles. The van der Waals surface area contributed by atoms with E-state index in [1.54, 1.807) is 48.5 Å². The van der Waals surface area contributed by atoms with Gasteiger partial charge in [0.05, 0.1) is 16.5 Å². The van der Waals surface area contributed by atoms with E-state index in [0.717, 1.165) is 35.1 Å². The molecule has 40 heavy (non-hydrogen) atoms. The van der Waals surface area contributed by atoms with Crippen LogP contribution in [-0.2, 0) is 25.2 Å². The van der Waals surface area contributed by atoms with E-state index < -0.39 is 35.2 Å². The van der Waals surface area contributed by atoms with Crippen molar-refractivity contribution in [2.45, 2.75) is 49.9 Å². The Morgan fingerprint density at radius 3 is 1.52 bits per heavy atom. The molecule has 0 amide bonds. The van der Waals surface area contributed by atoms with E-state index in [4.69, 9.17) is 14.2 Å². The van der Waals surface area contributed by atoms with Gasteiger partial charge in [0.1, 0.15) is 0 Å². The van der Waals surface area contributed by atoms with E-state index in [9.17, 15) is 9.59 Å². The van der Waals surface area contributed by atoms with E-state index in [2.05, 4.69) is 26.0 Å². The van der Waals surface area contributed by atoms with Crippen LogP contribution in [0.2, 0.25) is 0 Å². The maximum absolute atomic E-state index is 13.7. The summed E-state index contributed by atoms with van der Waals surface area (Å²) in [5, 5.41) is 0. The van der Waals surface area contributed by atoms with Crippen molar-refractivity contribution in [3.63, 3.8) is 0 Å². The third kappa shape index (κ3) is 3.96. The van der Waals surface area contributed by atoms with Crippen molar-refractivity contribution in [1.82, 2.24) is 0 Å². The Morgan fingerprint density at radius 1 is 0.625 bits per heavy atom. The molecular weight excluding hydrogens is 500 g/mol. The van der Waals surface area contributed by atoms with Crippen LogP contribution in [0.15, 0.2) is 109 Å². The number of carbonyl (C=O) groups is 2. The summed E-state index contributed by atoms with van der Waals surface area (Å²) >= 11 is 0. The smallest absolute Gasteiger partial charge is 0.338 e. The van der Waals surface area contributed by atoms with Gasteiger partial charge in [-0.25, -0.2) is 9.59 Å². The van der Waals surface area contributed by atoms with Crippen LogP contribution in [0.3, 0.4) is 0 Å². The van der Waals surface area contributed by atoms with Gasteiger partial charge in [-0.1, -0.05) is 98.3 Å². The van der Waals surface area contributed by atoms with Crippen molar-refractivity contribution in [2.24, 2.45) is 0 Å². The molecule has 5 nitrogen and oxygen atoms in total. The first kappa shape index (κ1) is 26.0. The number of rotatable bonds is 8. The highest BCUT2D eigenvalue weighted by Crippen LogP contribution is 2.61. The molecule has 2 bridgehead atoms. The Morgan fingerprint density at radius 2 is 1.05 bits per heavy atom. The largest absolute Gasteiger partial charge is 0.453 e. The van der Waals surface area contributed by atoms with Crippen LogP contribution in [0, 0.1) is 0 Å². The van der Waals surface area contributed by atoms with Gasteiger partial charge in [-0.05, 0) is 59.9 Å². The minimum atomic E-state index is -1.16. The summed E-state index contributed by atoms with van der Waals surface area (Å²) < 4.78 is 19.7. The summed E-state index contributed by atoms with van der Waals surface area (Å²) in [6.07, 6.45) is -0.00590. The predicted molar refractivity (Wildman–Crippen MR) is 152 cm³/mol. The SMILES string of the molecule is CCCCOC12c3ccccc3C(C)(c3ccccc31)C(OC(=O)c1ccccc1)C2OC(=O)c1ccccc1. The second kappa shape index (κ2) is 10.4. The second-order valence-electron chi connectivity index (χ2n) is 10.6. The Balaban J connectivity index is 1.57. The van der Waals surface area contributed by atoms with Crippen LogP contribution in [0.25, 0.3) is 0 Å². The van der Waals surface area contributed by atoms with E-state index in [0.29, 0.717) is 17.7 Å². The number of benzene rings is 4. The van der Waals surface area contributed by atoms with Gasteiger partial charge < -0.3 is 14.2 Å². The third-order valence-corrected chi connectivity index (χ3v) is 8.33. The molecular formula is C35H32O5. The average Bonchev–Trinajstić information content (AvgIpc) is 3.01. The van der Waals surface area contributed by atoms with Crippen LogP contribution >= 0.6 is 0 Å². The number of ether oxygens (including phenoxy) is 3. The van der Waals surface area contributed by atoms with Crippen molar-refractivity contribution in [3.05, 3.63) is 143 Å². The number of hydrogen-bond acceptors (Lipinski definition) is 5. The molecule has 2 atom stereocenters. The van der Waals surface area contributed by atoms with Crippen molar-refractivity contribution >= 4 is 11.9 Å². The fourth-order valence-electron chi connectivity index (χ4n) is 6.39. The highest BCUT2D eigenvalue weighted by molar-refractivity contribution is 5.91. The minimum Gasteiger partial charge on any atom is -0.453 e. The first-order valence-corrected chi connectivity index (χ1v) is 13.9. The Kier molecular flexibility index (Phi) is 6.77. The van der Waals surface area contributed by atoms with Gasteiger partial charge in [-0.15, -0.1) is 0 Å². The third-order valence-electron chi connectivity index (χ3n) is 8.33. The number of fused-ring (bicyclic) bond motifs is 1. The lowest BCUT2D eigenvalue weighted by Gasteiger charge is -2.59. The lowest BCUT2D eigenvalue weighted by Crippen LogP contribution is -2.68. The van der Waals surface area contributed by atoms with E-state index in [-0.39, 0.29) is 0 Å². The number of carbonyl (C=O) groups excluding carboxylic acids is 2. The Hall–Kier alpha value is -4.22. The zero-order valence-electron chi connectivity index (χ0n) is 22.7. The maximum Gasteiger partial charge on any atom is 0.338 e. The summed E-state index contributed by atoms with van der Waals surface area (Å²) in [5.41, 5.74) is 2.78. The molecule has 0 radical (unpaired) electrons. The Bertz CT molecular complexity index is 1480. The predicted octanol–water partition coefficient (Wildman–Crippen LogP) is 6.83. The molecule has 0 aliphatic heterocycles. The molecule has 0 saturated heterocycles. The first-order valence-electron chi connectivity index (χ1n) is 13.9. The van der Waals surface area contributed by atoms with Crippen molar-refractivity contribution in [2.75, 3.05) is 6.61 Å². The molecule has 0 aromatic heterocycles. The summed E-state index contributed by atoms with van der Waals surface area (Å²) in [6, 6.07) is 34.0. The van der Waals surface area contributed by atoms with Gasteiger partial charge in [-0.2, -0.15) is 0 Å². The number of esters is 2. The lowest BCUT2D eigenvalue weighted by molar-refractivity contribution is -0.179. The molecule has 2 unspecified atom stereocenters. The van der Waals surface area contributed by atoms with E-state index in [1.165, 1.54) is 0 Å². The van der Waals surface area contributed by atoms with Crippen LogP contribution in [-0.4, -0.2) is 30.8 Å². The molecule has 4 aromatic carbocycles. The van der Waals surface area contributed by atoms with Gasteiger partial charge in [-0.3, -0.25) is 0 Å². The van der Waals surface area contributed by atoms with Gasteiger partial charge in [0, 0.05) is 6.61 Å². The fraction of sp³-hybridized carbons (Fsp3) is 0.257. The standard InChI is InChI=1S/C35H32O5/c1-3-4-23-38-35-28-21-13-11-19-26(28)34(2,27-20-12-14-22-29(27)35)30(39-32(36)24-15-7-5-8-16-24)31(35)40-33(37)25-17-9-6-10-18-25/h5-22,30-31H,3-4,23H2,1-2H3. The molecule has 202 valence electrons. The molecule has 3 aliphatic rings. The number of hydrogen-bond donors (Lipinski definition) is 0. The van der Waals surface area contributed by atoms with Gasteiger partial charge in [0.25, 0.3) is 0 Å². The van der Waals surface area contributed by atoms with Gasteiger partial charge >= 0.3 is 11.9 Å². The van der Waals surface area contributed by atoms with E-state index in [1.807, 2.05) is 48.5 Å². The fourth-order valence-corrected chi connectivity index (χ4v) is 6.39. The highest BCUT2D eigenvalue weighted by atomic mass is 16.6. The van der Waals surface area contributed by atoms with Crippen LogP contribution in [0.4, 0.5) is 0 Å². The second-order valence-corrected chi connectivity index (χ2v) is 10.6. The summed E-state index contributed by atoms with van der Waals surface area (Å²) in [7, 11) is 0. The molecule has 0 N–H and O–H groups in total. The summed E-state index contributed by atoms with van der Waals surface area (Å²) in [5.74, 6) is -0.963. The van der Waals surface area contributed by atoms with Crippen molar-refractivity contribution in [3.8, 4) is 0 Å². The summed E-state index contributed by atoms with van der Waals surface area (Å²) in [6.45, 7) is 4.64. The maximum atomic E-state index is 13.7. The van der Waals surface area contributed by atoms with Crippen LogP contribution in [0.1, 0.15) is 69.7 Å². The highest BCUT2D eigenvalue weighted by Gasteiger charge is 2.68. The van der Waals surface area contributed by atoms with Crippen LogP contribution < -0.4 is 0 Å². The molecule has 0 saturated carbocycles. The zero-order chi connectivity index (χ0) is 27.7. The lowest BCUT2D eigenvalue weighted by atomic mass is 9.51. The molecule has 4 aromatic rings. The Labute approximate surface area is 234 Å². The van der Waals surface area contributed by atoms with Gasteiger partial charge in [0.2, 0.25) is 0 Å².